The van der Waals surface area contributed by atoms with E-state index in [1.54, 1.807) is 0 Å². The monoisotopic (exact) mass is 402 g/mol. The van der Waals surface area contributed by atoms with E-state index in [0.717, 1.165) is 44.7 Å². The Hall–Kier alpha value is -1.91. The third-order valence-electron chi connectivity index (χ3n) is 9.19. The van der Waals surface area contributed by atoms with Crippen LogP contribution in [0.3, 0.4) is 0 Å². The lowest BCUT2D eigenvalue weighted by Gasteiger charge is -2.64. The highest BCUT2D eigenvalue weighted by atomic mass is 16.3. The predicted molar refractivity (Wildman–Crippen MR) is 116 cm³/mol. The molecule has 0 unspecified atom stereocenters. The molecule has 5 aliphatic rings. The van der Waals surface area contributed by atoms with Crippen LogP contribution in [0.25, 0.3) is 10.9 Å². The third kappa shape index (κ3) is 2.22. The molecule has 2 aromatic rings. The Kier molecular flexibility index (Phi) is 3.47. The van der Waals surface area contributed by atoms with Crippen LogP contribution in [0.1, 0.15) is 56.2 Å². The van der Waals surface area contributed by atoms with E-state index in [4.69, 9.17) is 0 Å². The number of piperidine rings is 1. The average molecular weight is 403 g/mol. The minimum atomic E-state index is -0.769. The van der Waals surface area contributed by atoms with E-state index in [2.05, 4.69) is 34.1 Å². The molecule has 0 spiro atoms. The van der Waals surface area contributed by atoms with Crippen LogP contribution < -0.4 is 0 Å². The van der Waals surface area contributed by atoms with Gasteiger partial charge in [0.15, 0.2) is 0 Å². The van der Waals surface area contributed by atoms with Crippen molar-refractivity contribution in [2.45, 2.75) is 69.4 Å². The smallest absolute Gasteiger partial charge is 0.137 e. The highest BCUT2D eigenvalue weighted by Crippen LogP contribution is 2.62. The number of likely N-dealkylation sites (tertiary alicyclic amines) is 1. The molecule has 3 atom stereocenters. The van der Waals surface area contributed by atoms with Gasteiger partial charge in [-0.25, -0.2) is 0 Å². The number of hydrogen-bond donors (Lipinski definition) is 2. The zero-order valence-electron chi connectivity index (χ0n) is 17.5. The fourth-order valence-corrected chi connectivity index (χ4v) is 7.52. The van der Waals surface area contributed by atoms with Crippen LogP contribution in [0.5, 0.6) is 0 Å². The summed E-state index contributed by atoms with van der Waals surface area (Å²) in [5.41, 5.74) is 5.58. The maximum atomic E-state index is 12.6. The van der Waals surface area contributed by atoms with Gasteiger partial charge in [0.25, 0.3) is 0 Å². The summed E-state index contributed by atoms with van der Waals surface area (Å²) in [4.78, 5) is 18.9. The normalized spacial score (nSPS) is 35.9. The van der Waals surface area contributed by atoms with Crippen LogP contribution in [0, 0.1) is 11.3 Å². The Morgan fingerprint density at radius 1 is 1.17 bits per heavy atom. The summed E-state index contributed by atoms with van der Waals surface area (Å²) in [6, 6.07) is 8.73. The molecule has 1 aliphatic heterocycles. The molecule has 1 aromatic carbocycles. The Morgan fingerprint density at radius 3 is 2.90 bits per heavy atom. The quantitative estimate of drug-likeness (QED) is 0.749. The number of nitrogens with zero attached hydrogens (tertiary/aromatic N) is 1. The van der Waals surface area contributed by atoms with Crippen molar-refractivity contribution in [1.29, 1.82) is 0 Å². The van der Waals surface area contributed by atoms with Crippen molar-refractivity contribution < 1.29 is 9.90 Å². The van der Waals surface area contributed by atoms with Crippen LogP contribution >= 0.6 is 0 Å². The topological polar surface area (TPSA) is 56.3 Å². The van der Waals surface area contributed by atoms with Gasteiger partial charge in [0, 0.05) is 60.3 Å². The largest absolute Gasteiger partial charge is 0.387 e. The van der Waals surface area contributed by atoms with Crippen LogP contribution in [-0.4, -0.2) is 45.5 Å². The van der Waals surface area contributed by atoms with E-state index in [9.17, 15) is 9.90 Å². The Balaban J connectivity index is 1.42. The van der Waals surface area contributed by atoms with Crippen LogP contribution in [0.15, 0.2) is 35.4 Å². The Bertz CT molecular complexity index is 1110. The summed E-state index contributed by atoms with van der Waals surface area (Å²) in [6.07, 6.45) is 8.39. The summed E-state index contributed by atoms with van der Waals surface area (Å²) in [6.45, 7) is 2.20. The first-order valence-corrected chi connectivity index (χ1v) is 11.9. The summed E-state index contributed by atoms with van der Waals surface area (Å²) in [7, 11) is 0. The first-order valence-electron chi connectivity index (χ1n) is 11.9. The number of rotatable bonds is 2. The molecule has 2 bridgehead atoms. The fourth-order valence-electron chi connectivity index (χ4n) is 7.52. The molecule has 4 nitrogen and oxygen atoms in total. The van der Waals surface area contributed by atoms with Gasteiger partial charge in [-0.15, -0.1) is 0 Å². The lowest BCUT2D eigenvalue weighted by atomic mass is 9.47. The highest BCUT2D eigenvalue weighted by Gasteiger charge is 2.65. The number of benzene rings is 1. The van der Waals surface area contributed by atoms with E-state index < -0.39 is 5.60 Å². The third-order valence-corrected chi connectivity index (χ3v) is 9.19. The number of H-pyrrole nitrogens is 1. The van der Waals surface area contributed by atoms with Crippen molar-refractivity contribution >= 4 is 16.7 Å². The highest BCUT2D eigenvalue weighted by molar-refractivity contribution is 5.86. The number of carbonyl (C=O) groups excluding carboxylic acids is 1. The van der Waals surface area contributed by atoms with Gasteiger partial charge in [0.05, 0.1) is 5.60 Å². The molecule has 2 heterocycles. The second kappa shape index (κ2) is 5.86. The van der Waals surface area contributed by atoms with E-state index in [0.29, 0.717) is 25.0 Å². The first kappa shape index (κ1) is 17.7. The number of aliphatic hydroxyl groups is 1. The summed E-state index contributed by atoms with van der Waals surface area (Å²) >= 11 is 0. The first-order chi connectivity index (χ1) is 14.6. The molecule has 7 rings (SSSR count). The minimum absolute atomic E-state index is 0.195. The zero-order chi connectivity index (χ0) is 20.1. The lowest BCUT2D eigenvalue weighted by molar-refractivity contribution is -0.173. The predicted octanol–water partition coefficient (Wildman–Crippen LogP) is 3.92. The number of nitrogens with one attached hydrogen (secondary N) is 1. The van der Waals surface area contributed by atoms with Crippen LogP contribution in [-0.2, 0) is 17.6 Å². The van der Waals surface area contributed by atoms with Crippen molar-refractivity contribution in [1.82, 2.24) is 9.88 Å². The van der Waals surface area contributed by atoms with Gasteiger partial charge >= 0.3 is 0 Å². The molecule has 4 heteroatoms. The van der Waals surface area contributed by atoms with Gasteiger partial charge in [-0.05, 0) is 56.2 Å². The fraction of sp³-hybridized carbons (Fsp3) is 0.577. The van der Waals surface area contributed by atoms with Crippen molar-refractivity contribution in [3.63, 3.8) is 0 Å². The molecule has 0 radical (unpaired) electrons. The Labute approximate surface area is 177 Å². The standard InChI is InChI=1S/C26H30N2O2/c29-18-8-7-17-11-24-26(30)13-20-19-3-1-2-4-22(19)27-23(20)14-25(26,21(17)12-18)9-10-28(24)15-16-5-6-16/h1-4,16,24,27,30H,5-15H2/t24-,25-,26-/m1/s1. The molecule has 1 saturated heterocycles. The minimum Gasteiger partial charge on any atom is -0.387 e. The summed E-state index contributed by atoms with van der Waals surface area (Å²) in [5.74, 6) is 1.20. The van der Waals surface area contributed by atoms with E-state index >= 15 is 0 Å². The number of aromatic amines is 1. The van der Waals surface area contributed by atoms with Crippen molar-refractivity contribution in [2.24, 2.45) is 11.3 Å². The molecule has 2 fully saturated rings. The van der Waals surface area contributed by atoms with E-state index in [1.807, 2.05) is 0 Å². The number of carbonyl (C=O) groups is 1. The van der Waals surface area contributed by atoms with Gasteiger partial charge in [-0.3, -0.25) is 9.69 Å². The van der Waals surface area contributed by atoms with Crippen molar-refractivity contribution in [2.75, 3.05) is 13.1 Å². The molecule has 4 aliphatic carbocycles. The number of para-hydroxylation sites is 1. The van der Waals surface area contributed by atoms with Crippen LogP contribution in [0.4, 0.5) is 0 Å². The average Bonchev–Trinajstić information content (AvgIpc) is 3.49. The maximum absolute atomic E-state index is 12.6. The molecule has 156 valence electrons. The summed E-state index contributed by atoms with van der Waals surface area (Å²) in [5, 5.41) is 13.9. The zero-order valence-corrected chi connectivity index (χ0v) is 17.5. The molecular formula is C26H30N2O2. The molecule has 30 heavy (non-hydrogen) atoms. The molecule has 1 saturated carbocycles. The number of aromatic nitrogens is 1. The summed E-state index contributed by atoms with van der Waals surface area (Å²) < 4.78 is 0. The molecular weight excluding hydrogens is 372 g/mol. The van der Waals surface area contributed by atoms with E-state index in [-0.39, 0.29) is 11.5 Å². The Morgan fingerprint density at radius 2 is 2.03 bits per heavy atom. The molecule has 2 N–H and O–H groups in total. The van der Waals surface area contributed by atoms with Crippen molar-refractivity contribution in [3.05, 3.63) is 46.7 Å². The van der Waals surface area contributed by atoms with Crippen molar-refractivity contribution in [3.8, 4) is 0 Å². The van der Waals surface area contributed by atoms with Gasteiger partial charge < -0.3 is 10.1 Å². The number of hydrogen-bond acceptors (Lipinski definition) is 3. The second-order valence-corrected chi connectivity index (χ2v) is 10.7. The van der Waals surface area contributed by atoms with Crippen LogP contribution in [0.2, 0.25) is 0 Å². The molecule has 1 aromatic heterocycles. The van der Waals surface area contributed by atoms with Gasteiger partial charge in [-0.2, -0.15) is 0 Å². The van der Waals surface area contributed by atoms with Gasteiger partial charge in [-0.1, -0.05) is 29.3 Å². The van der Waals surface area contributed by atoms with E-state index in [1.165, 1.54) is 46.1 Å². The molecule has 0 amide bonds. The maximum Gasteiger partial charge on any atom is 0.137 e. The van der Waals surface area contributed by atoms with Gasteiger partial charge in [0.2, 0.25) is 0 Å². The lowest BCUT2D eigenvalue weighted by Crippen LogP contribution is -2.72. The van der Waals surface area contributed by atoms with Gasteiger partial charge in [0.1, 0.15) is 5.78 Å². The SMILES string of the molecule is O=C1CCC2=C(C1)[C@]13CCN(CC4CC4)[C@H](C2)[C@]1(O)Cc1c([nH]c2ccccc12)C3. The number of ketones is 1. The second-order valence-electron chi connectivity index (χ2n) is 10.7. The number of fused-ring (bicyclic) bond motifs is 3. The number of Topliss-reactive ketones (excluding diaryl/α,β-unsaturated/α-hetero) is 1.